The number of hydrogen-bond acceptors (Lipinski definition) is 1. The van der Waals surface area contributed by atoms with Gasteiger partial charge in [0.1, 0.15) is 0 Å². The summed E-state index contributed by atoms with van der Waals surface area (Å²) in [5, 5.41) is 11.4. The molecule has 1 nitrogen and oxygen atoms in total. The Morgan fingerprint density at radius 3 is 2.37 bits per heavy atom. The lowest BCUT2D eigenvalue weighted by Gasteiger charge is -2.13. The third-order valence-corrected chi connectivity index (χ3v) is 5.22. The molecule has 0 aliphatic rings. The zero-order chi connectivity index (χ0) is 14.0. The van der Waals surface area contributed by atoms with E-state index >= 15 is 0 Å². The highest BCUT2D eigenvalue weighted by molar-refractivity contribution is 9.13. The molecular formula is C14H10Br2Cl2O. The van der Waals surface area contributed by atoms with Gasteiger partial charge in [-0.2, -0.15) is 0 Å². The van der Waals surface area contributed by atoms with E-state index in [4.69, 9.17) is 23.2 Å². The monoisotopic (exact) mass is 422 g/mol. The average molecular weight is 425 g/mol. The Balaban J connectivity index is 2.20. The van der Waals surface area contributed by atoms with Crippen molar-refractivity contribution in [3.63, 3.8) is 0 Å². The van der Waals surface area contributed by atoms with Crippen molar-refractivity contribution >= 4 is 55.1 Å². The lowest BCUT2D eigenvalue weighted by molar-refractivity contribution is 0.178. The highest BCUT2D eigenvalue weighted by Crippen LogP contribution is 2.30. The maximum atomic E-state index is 10.3. The van der Waals surface area contributed by atoms with Crippen molar-refractivity contribution < 1.29 is 5.11 Å². The fraction of sp³-hybridized carbons (Fsp3) is 0.143. The Morgan fingerprint density at radius 2 is 1.74 bits per heavy atom. The van der Waals surface area contributed by atoms with E-state index in [0.29, 0.717) is 16.5 Å². The molecule has 0 amide bonds. The predicted molar refractivity (Wildman–Crippen MR) is 87.0 cm³/mol. The fourth-order valence-corrected chi connectivity index (χ4v) is 2.86. The molecule has 0 spiro atoms. The molecular weight excluding hydrogens is 415 g/mol. The molecule has 1 N–H and O–H groups in total. The van der Waals surface area contributed by atoms with Crippen molar-refractivity contribution in [2.45, 2.75) is 12.5 Å². The van der Waals surface area contributed by atoms with E-state index in [2.05, 4.69) is 31.9 Å². The van der Waals surface area contributed by atoms with Crippen LogP contribution in [-0.4, -0.2) is 5.11 Å². The van der Waals surface area contributed by atoms with Gasteiger partial charge in [-0.15, -0.1) is 0 Å². The van der Waals surface area contributed by atoms with Crippen LogP contribution in [0.1, 0.15) is 17.2 Å². The standard InChI is InChI=1S/C14H10Br2Cl2O/c15-11-4-2-9(5-12(11)16)14(19)6-8-1-3-10(17)7-13(8)18/h1-5,7,14,19H,6H2. The van der Waals surface area contributed by atoms with Crippen LogP contribution in [0, 0.1) is 0 Å². The van der Waals surface area contributed by atoms with Crippen LogP contribution in [-0.2, 0) is 6.42 Å². The molecule has 2 aromatic rings. The summed E-state index contributed by atoms with van der Waals surface area (Å²) >= 11 is 18.8. The van der Waals surface area contributed by atoms with Crippen molar-refractivity contribution in [2.75, 3.05) is 0 Å². The third-order valence-electron chi connectivity index (χ3n) is 2.76. The van der Waals surface area contributed by atoms with Gasteiger partial charge in [-0.3, -0.25) is 0 Å². The van der Waals surface area contributed by atoms with Crippen LogP contribution in [0.25, 0.3) is 0 Å². The van der Waals surface area contributed by atoms with Crippen LogP contribution in [0.5, 0.6) is 0 Å². The van der Waals surface area contributed by atoms with Crippen LogP contribution in [0.2, 0.25) is 10.0 Å². The maximum absolute atomic E-state index is 10.3. The fourth-order valence-electron chi connectivity index (χ4n) is 1.73. The minimum Gasteiger partial charge on any atom is -0.388 e. The van der Waals surface area contributed by atoms with Crippen molar-refractivity contribution in [3.05, 3.63) is 66.5 Å². The van der Waals surface area contributed by atoms with Gasteiger partial charge in [-0.25, -0.2) is 0 Å². The van der Waals surface area contributed by atoms with Gasteiger partial charge in [0, 0.05) is 25.4 Å². The molecule has 0 fully saturated rings. The molecule has 2 rings (SSSR count). The quantitative estimate of drug-likeness (QED) is 0.660. The minimum absolute atomic E-state index is 0.448. The van der Waals surface area contributed by atoms with Gasteiger partial charge >= 0.3 is 0 Å². The Kier molecular flexibility index (Phi) is 5.32. The molecule has 0 saturated heterocycles. The van der Waals surface area contributed by atoms with E-state index in [1.165, 1.54) is 0 Å². The number of rotatable bonds is 3. The summed E-state index contributed by atoms with van der Waals surface area (Å²) in [6.45, 7) is 0. The molecule has 0 bridgehead atoms. The summed E-state index contributed by atoms with van der Waals surface area (Å²) in [7, 11) is 0. The Hall–Kier alpha value is -0.0600. The zero-order valence-corrected chi connectivity index (χ0v) is 14.4. The minimum atomic E-state index is -0.608. The highest BCUT2D eigenvalue weighted by Gasteiger charge is 2.12. The molecule has 5 heteroatoms. The van der Waals surface area contributed by atoms with Crippen LogP contribution < -0.4 is 0 Å². The summed E-state index contributed by atoms with van der Waals surface area (Å²) in [4.78, 5) is 0. The number of aliphatic hydroxyl groups is 1. The molecule has 1 unspecified atom stereocenters. The Morgan fingerprint density at radius 1 is 1.00 bits per heavy atom. The molecule has 2 aromatic carbocycles. The first-order valence-electron chi connectivity index (χ1n) is 5.54. The largest absolute Gasteiger partial charge is 0.388 e. The zero-order valence-electron chi connectivity index (χ0n) is 9.71. The molecule has 100 valence electrons. The molecule has 0 aliphatic heterocycles. The number of benzene rings is 2. The summed E-state index contributed by atoms with van der Waals surface area (Å²) in [5.74, 6) is 0. The van der Waals surface area contributed by atoms with E-state index in [0.717, 1.165) is 20.1 Å². The summed E-state index contributed by atoms with van der Waals surface area (Å²) in [6, 6.07) is 10.9. The van der Waals surface area contributed by atoms with Crippen molar-refractivity contribution in [1.29, 1.82) is 0 Å². The van der Waals surface area contributed by atoms with Gasteiger partial charge in [0.2, 0.25) is 0 Å². The number of hydrogen-bond donors (Lipinski definition) is 1. The lowest BCUT2D eigenvalue weighted by atomic mass is 10.0. The van der Waals surface area contributed by atoms with Crippen LogP contribution in [0.15, 0.2) is 45.3 Å². The lowest BCUT2D eigenvalue weighted by Crippen LogP contribution is -2.02. The highest BCUT2D eigenvalue weighted by atomic mass is 79.9. The van der Waals surface area contributed by atoms with Gasteiger partial charge in [-0.1, -0.05) is 35.3 Å². The maximum Gasteiger partial charge on any atom is 0.0831 e. The molecule has 0 aromatic heterocycles. The summed E-state index contributed by atoms with van der Waals surface area (Å²) < 4.78 is 1.86. The van der Waals surface area contributed by atoms with E-state index in [1.807, 2.05) is 24.3 Å². The summed E-state index contributed by atoms with van der Waals surface area (Å²) in [6.07, 6.45) is -0.160. The number of halogens is 4. The molecule has 0 heterocycles. The van der Waals surface area contributed by atoms with Gasteiger partial charge in [-0.05, 0) is 67.3 Å². The smallest absolute Gasteiger partial charge is 0.0831 e. The number of aliphatic hydroxyl groups excluding tert-OH is 1. The second-order valence-corrected chi connectivity index (χ2v) is 6.68. The van der Waals surface area contributed by atoms with Crippen molar-refractivity contribution in [3.8, 4) is 0 Å². The van der Waals surface area contributed by atoms with E-state index in [9.17, 15) is 5.11 Å². The SMILES string of the molecule is OC(Cc1ccc(Cl)cc1Cl)c1ccc(Br)c(Br)c1. The van der Waals surface area contributed by atoms with Crippen LogP contribution >= 0.6 is 55.1 Å². The molecule has 0 aliphatic carbocycles. The van der Waals surface area contributed by atoms with Gasteiger partial charge in [0.15, 0.2) is 0 Å². The topological polar surface area (TPSA) is 20.2 Å². The second-order valence-electron chi connectivity index (χ2n) is 4.13. The molecule has 19 heavy (non-hydrogen) atoms. The average Bonchev–Trinajstić information content (AvgIpc) is 2.36. The second kappa shape index (κ2) is 6.59. The molecule has 0 saturated carbocycles. The van der Waals surface area contributed by atoms with Gasteiger partial charge in [0.05, 0.1) is 6.10 Å². The third kappa shape index (κ3) is 3.96. The van der Waals surface area contributed by atoms with Crippen molar-refractivity contribution in [1.82, 2.24) is 0 Å². The van der Waals surface area contributed by atoms with E-state index in [1.54, 1.807) is 12.1 Å². The first-order chi connectivity index (χ1) is 8.97. The Bertz CT molecular complexity index is 602. The van der Waals surface area contributed by atoms with Gasteiger partial charge in [0.25, 0.3) is 0 Å². The first kappa shape index (κ1) is 15.3. The molecule has 0 radical (unpaired) electrons. The Labute approximate surface area is 138 Å². The summed E-state index contributed by atoms with van der Waals surface area (Å²) in [5.41, 5.74) is 1.71. The first-order valence-corrected chi connectivity index (χ1v) is 7.88. The van der Waals surface area contributed by atoms with E-state index in [-0.39, 0.29) is 0 Å². The van der Waals surface area contributed by atoms with Gasteiger partial charge < -0.3 is 5.11 Å². The predicted octanol–water partition coefficient (Wildman–Crippen LogP) is 5.79. The molecule has 1 atom stereocenters. The van der Waals surface area contributed by atoms with Crippen molar-refractivity contribution in [2.24, 2.45) is 0 Å². The van der Waals surface area contributed by atoms with E-state index < -0.39 is 6.10 Å². The van der Waals surface area contributed by atoms with Crippen LogP contribution in [0.4, 0.5) is 0 Å². The van der Waals surface area contributed by atoms with Crippen LogP contribution in [0.3, 0.4) is 0 Å². The normalized spacial score (nSPS) is 12.5.